The van der Waals surface area contributed by atoms with Crippen LogP contribution in [0.25, 0.3) is 6.08 Å². The van der Waals surface area contributed by atoms with Crippen LogP contribution in [0.3, 0.4) is 0 Å². The molecule has 0 saturated carbocycles. The van der Waals surface area contributed by atoms with Crippen LogP contribution >= 0.6 is 34.8 Å². The Bertz CT molecular complexity index is 1120. The van der Waals surface area contributed by atoms with E-state index in [9.17, 15) is 24.8 Å². The van der Waals surface area contributed by atoms with Crippen LogP contribution in [0.4, 0.5) is 11.4 Å². The van der Waals surface area contributed by atoms with Crippen LogP contribution in [0.2, 0.25) is 0 Å². The first-order valence-electron chi connectivity index (χ1n) is 8.54. The molecule has 11 heteroatoms. The fraction of sp³-hybridized carbons (Fsp3) is 0.105. The van der Waals surface area contributed by atoms with Crippen LogP contribution in [0.1, 0.15) is 12.5 Å². The van der Waals surface area contributed by atoms with Gasteiger partial charge < -0.3 is 9.84 Å². The maximum atomic E-state index is 13.1. The number of nitrogens with zero attached hydrogens (tertiary/aromatic N) is 2. The first-order valence-corrected chi connectivity index (χ1v) is 10.0. The van der Waals surface area contributed by atoms with Crippen LogP contribution in [-0.2, 0) is 9.59 Å². The third-order valence-electron chi connectivity index (χ3n) is 4.06. The zero-order chi connectivity index (χ0) is 22.0. The first-order chi connectivity index (χ1) is 14.2. The van der Waals surface area contributed by atoms with Crippen molar-refractivity contribution in [2.75, 3.05) is 11.5 Å². The quantitative estimate of drug-likeness (QED) is 0.150. The summed E-state index contributed by atoms with van der Waals surface area (Å²) in [5.74, 6) is -1.38. The molecule has 154 valence electrons. The second-order valence-corrected chi connectivity index (χ2v) is 7.56. The Morgan fingerprint density at radius 1 is 1.33 bits per heavy atom. The number of nitrogens with one attached hydrogen (secondary N) is 1. The lowest BCUT2D eigenvalue weighted by atomic mass is 10.1. The minimum Gasteiger partial charge on any atom is -0.501 e. The van der Waals surface area contributed by atoms with Gasteiger partial charge in [0.25, 0.3) is 11.8 Å². The fourth-order valence-electron chi connectivity index (χ4n) is 2.77. The molecule has 1 fully saturated rings. The topological polar surface area (TPSA) is 122 Å². The number of hydrogen-bond donors (Lipinski definition) is 2. The lowest BCUT2D eigenvalue weighted by Crippen LogP contribution is -2.54. The van der Waals surface area contributed by atoms with Gasteiger partial charge in [-0.2, -0.15) is 0 Å². The SMILES string of the molecule is CCOc1cccc(N2C(=O)/C(=C/c3cc(I)c(O)c([N+](=O)[O-])c3)C(=O)NC2=S)c1. The van der Waals surface area contributed by atoms with E-state index in [0.29, 0.717) is 18.0 Å². The van der Waals surface area contributed by atoms with E-state index in [2.05, 4.69) is 5.32 Å². The molecular weight excluding hydrogens is 525 g/mol. The number of phenolic OH excluding ortho intramolecular Hbond substituents is 1. The highest BCUT2D eigenvalue weighted by Crippen LogP contribution is 2.33. The van der Waals surface area contributed by atoms with Gasteiger partial charge in [-0.25, -0.2) is 0 Å². The molecule has 2 aromatic rings. The van der Waals surface area contributed by atoms with Gasteiger partial charge in [0.1, 0.15) is 11.3 Å². The molecule has 0 aliphatic carbocycles. The number of rotatable bonds is 5. The molecule has 0 unspecified atom stereocenters. The summed E-state index contributed by atoms with van der Waals surface area (Å²) in [5.41, 5.74) is -0.193. The van der Waals surface area contributed by atoms with Gasteiger partial charge in [0.2, 0.25) is 5.75 Å². The van der Waals surface area contributed by atoms with Crippen molar-refractivity contribution in [3.05, 3.63) is 61.2 Å². The summed E-state index contributed by atoms with van der Waals surface area (Å²) < 4.78 is 5.64. The summed E-state index contributed by atoms with van der Waals surface area (Å²) in [7, 11) is 0. The predicted molar refractivity (Wildman–Crippen MR) is 121 cm³/mol. The summed E-state index contributed by atoms with van der Waals surface area (Å²) >= 11 is 6.89. The summed E-state index contributed by atoms with van der Waals surface area (Å²) in [5, 5.41) is 23.3. The molecule has 2 aromatic carbocycles. The van der Waals surface area contributed by atoms with Crippen molar-refractivity contribution in [2.24, 2.45) is 0 Å². The molecule has 1 saturated heterocycles. The molecule has 0 atom stereocenters. The summed E-state index contributed by atoms with van der Waals surface area (Å²) in [6, 6.07) is 9.15. The molecule has 30 heavy (non-hydrogen) atoms. The van der Waals surface area contributed by atoms with Crippen molar-refractivity contribution in [3.63, 3.8) is 0 Å². The largest absolute Gasteiger partial charge is 0.501 e. The highest BCUT2D eigenvalue weighted by molar-refractivity contribution is 14.1. The summed E-state index contributed by atoms with van der Waals surface area (Å²) in [6.45, 7) is 2.25. The average Bonchev–Trinajstić information content (AvgIpc) is 2.68. The Morgan fingerprint density at radius 2 is 2.07 bits per heavy atom. The Kier molecular flexibility index (Phi) is 6.31. The minimum atomic E-state index is -0.747. The molecule has 0 spiro atoms. The molecule has 1 aliphatic heterocycles. The molecule has 1 aliphatic rings. The maximum Gasteiger partial charge on any atom is 0.312 e. The van der Waals surface area contributed by atoms with Crippen LogP contribution in [0.15, 0.2) is 42.0 Å². The van der Waals surface area contributed by atoms with Gasteiger partial charge >= 0.3 is 5.69 Å². The Hall–Kier alpha value is -3.06. The number of carbonyl (C=O) groups excluding carboxylic acids is 2. The van der Waals surface area contributed by atoms with Crippen molar-refractivity contribution >= 4 is 69.2 Å². The van der Waals surface area contributed by atoms with Gasteiger partial charge in [0.05, 0.1) is 20.8 Å². The van der Waals surface area contributed by atoms with Crippen molar-refractivity contribution in [3.8, 4) is 11.5 Å². The second kappa shape index (κ2) is 8.75. The lowest BCUT2D eigenvalue weighted by molar-refractivity contribution is -0.386. The Balaban J connectivity index is 2.05. The van der Waals surface area contributed by atoms with E-state index in [1.54, 1.807) is 46.9 Å². The predicted octanol–water partition coefficient (Wildman–Crippen LogP) is 3.14. The number of amides is 2. The van der Waals surface area contributed by atoms with Gasteiger partial charge in [-0.15, -0.1) is 0 Å². The second-order valence-electron chi connectivity index (χ2n) is 6.02. The van der Waals surface area contributed by atoms with E-state index >= 15 is 0 Å². The highest BCUT2D eigenvalue weighted by atomic mass is 127. The van der Waals surface area contributed by atoms with Crippen molar-refractivity contribution < 1.29 is 24.4 Å². The van der Waals surface area contributed by atoms with Crippen LogP contribution in [-0.4, -0.2) is 33.6 Å². The number of nitro groups is 1. The third-order valence-corrected chi connectivity index (χ3v) is 5.17. The zero-order valence-corrected chi connectivity index (χ0v) is 18.4. The number of aromatic hydroxyl groups is 1. The van der Waals surface area contributed by atoms with Gasteiger partial charge in [0.15, 0.2) is 5.11 Å². The van der Waals surface area contributed by atoms with E-state index in [4.69, 9.17) is 17.0 Å². The number of carbonyl (C=O) groups is 2. The standard InChI is InChI=1S/C19H14IN3O6S/c1-2-29-12-5-3-4-11(9-12)22-18(26)13(17(25)21-19(22)30)6-10-7-14(20)16(24)15(8-10)23(27)28/h3-9,24H,2H2,1H3,(H,21,25,30)/b13-6+. The van der Waals surface area contributed by atoms with Crippen LogP contribution < -0.4 is 15.0 Å². The van der Waals surface area contributed by atoms with Crippen LogP contribution in [0, 0.1) is 13.7 Å². The number of ether oxygens (including phenoxy) is 1. The van der Waals surface area contributed by atoms with Gasteiger partial charge in [-0.3, -0.25) is 29.9 Å². The lowest BCUT2D eigenvalue weighted by Gasteiger charge is -2.29. The zero-order valence-electron chi connectivity index (χ0n) is 15.4. The molecule has 0 aromatic heterocycles. The van der Waals surface area contributed by atoms with E-state index in [-0.39, 0.29) is 19.8 Å². The Morgan fingerprint density at radius 3 is 2.73 bits per heavy atom. The number of phenols is 1. The number of benzene rings is 2. The number of halogens is 1. The summed E-state index contributed by atoms with van der Waals surface area (Å²) in [6.07, 6.45) is 1.22. The molecule has 0 bridgehead atoms. The van der Waals surface area contributed by atoms with E-state index in [1.807, 2.05) is 6.92 Å². The van der Waals surface area contributed by atoms with Gasteiger partial charge in [0, 0.05) is 12.1 Å². The van der Waals surface area contributed by atoms with E-state index < -0.39 is 28.2 Å². The maximum absolute atomic E-state index is 13.1. The highest BCUT2D eigenvalue weighted by Gasteiger charge is 2.35. The molecular formula is C19H14IN3O6S. The first kappa shape index (κ1) is 21.6. The monoisotopic (exact) mass is 539 g/mol. The van der Waals surface area contributed by atoms with E-state index in [0.717, 1.165) is 11.0 Å². The smallest absolute Gasteiger partial charge is 0.312 e. The van der Waals surface area contributed by atoms with E-state index in [1.165, 1.54) is 12.1 Å². The number of nitro benzene ring substituents is 1. The molecule has 3 rings (SSSR count). The average molecular weight is 539 g/mol. The molecule has 2 amide bonds. The minimum absolute atomic E-state index is 0.0953. The molecule has 2 N–H and O–H groups in total. The summed E-state index contributed by atoms with van der Waals surface area (Å²) in [4.78, 5) is 37.0. The number of anilines is 1. The number of hydrogen-bond acceptors (Lipinski definition) is 7. The molecule has 9 nitrogen and oxygen atoms in total. The third kappa shape index (κ3) is 4.26. The van der Waals surface area contributed by atoms with Gasteiger partial charge in [-0.1, -0.05) is 6.07 Å². The molecule has 0 radical (unpaired) electrons. The fourth-order valence-corrected chi connectivity index (χ4v) is 3.68. The van der Waals surface area contributed by atoms with Crippen LogP contribution in [0.5, 0.6) is 11.5 Å². The normalized spacial score (nSPS) is 15.3. The van der Waals surface area contributed by atoms with Crippen molar-refractivity contribution in [1.82, 2.24) is 5.32 Å². The Labute approximate surface area is 189 Å². The van der Waals surface area contributed by atoms with Gasteiger partial charge in [-0.05, 0) is 71.6 Å². The molecule has 1 heterocycles. The number of thiocarbonyl (C=S) groups is 1. The van der Waals surface area contributed by atoms with Crippen molar-refractivity contribution in [2.45, 2.75) is 6.92 Å². The van der Waals surface area contributed by atoms with Crippen molar-refractivity contribution in [1.29, 1.82) is 0 Å².